The Bertz CT molecular complexity index is 1650. The molecule has 0 bridgehead atoms. The van der Waals surface area contributed by atoms with Gasteiger partial charge in [-0.2, -0.15) is 0 Å². The minimum atomic E-state index is -1.05. The number of anilines is 1. The molecule has 1 aliphatic heterocycles. The highest BCUT2D eigenvalue weighted by atomic mass is 35.5. The van der Waals surface area contributed by atoms with Gasteiger partial charge in [0.2, 0.25) is 0 Å². The maximum Gasteiger partial charge on any atom is 0.329 e. The SMILES string of the molecule is C[C@@H](COc1ccnc2c1[C@H](C)CCC2)C[C@H]1Cc2ccc(OC[C@H]3CCCN3C)cc2C12CCC(Nc1cccc(Cl)c1)(C(=O)O)CC2. The summed E-state index contributed by atoms with van der Waals surface area (Å²) in [5.41, 5.74) is 4.82. The topological polar surface area (TPSA) is 83.9 Å². The molecule has 0 radical (unpaired) electrons. The zero-order chi connectivity index (χ0) is 34.2. The molecule has 0 amide bonds. The first kappa shape index (κ1) is 34.2. The number of likely N-dealkylation sites (N-methyl/N-ethyl adjacent to an activating group) is 1. The van der Waals surface area contributed by atoms with Gasteiger partial charge in [0, 0.05) is 34.2 Å². The standard InChI is InChI=1S/C41H52ClN3O4/c1-27(25-49-37-14-19-43-36-11-4-7-28(2)38(36)37)21-30-22-29-12-13-34(48-26-33-10-6-20-45(33)3)24-35(29)40(30)15-17-41(18-16-40,39(46)47)44-32-9-5-8-31(42)23-32/h5,8-9,12-14,19,23-24,27-28,30,33,44H,4,6-7,10-11,15-18,20-22,25-26H2,1-3H3,(H,46,47)/t27-,28-,30+,33-,40?,41?/m1/s1. The second kappa shape index (κ2) is 14.1. The summed E-state index contributed by atoms with van der Waals surface area (Å²) in [6.45, 7) is 7.09. The molecule has 4 aliphatic rings. The van der Waals surface area contributed by atoms with Crippen LogP contribution in [0.1, 0.15) is 99.9 Å². The maximum atomic E-state index is 13.0. The summed E-state index contributed by atoms with van der Waals surface area (Å²) >= 11 is 6.29. The molecule has 3 aliphatic carbocycles. The number of nitrogens with one attached hydrogen (secondary N) is 1. The maximum absolute atomic E-state index is 13.0. The number of fused-ring (bicyclic) bond motifs is 3. The molecule has 2 aromatic carbocycles. The third-order valence-electron chi connectivity index (χ3n) is 12.4. The number of pyridine rings is 1. The van der Waals surface area contributed by atoms with Gasteiger partial charge in [0.1, 0.15) is 23.6 Å². The Morgan fingerprint density at radius 2 is 1.94 bits per heavy atom. The Kier molecular flexibility index (Phi) is 9.86. The first-order valence-electron chi connectivity index (χ1n) is 18.5. The van der Waals surface area contributed by atoms with Gasteiger partial charge >= 0.3 is 5.97 Å². The van der Waals surface area contributed by atoms with Crippen molar-refractivity contribution in [3.05, 3.63) is 82.1 Å². The van der Waals surface area contributed by atoms with E-state index < -0.39 is 11.5 Å². The van der Waals surface area contributed by atoms with Crippen molar-refractivity contribution < 1.29 is 19.4 Å². The summed E-state index contributed by atoms with van der Waals surface area (Å²) in [5.74, 6) is 2.33. The van der Waals surface area contributed by atoms with Gasteiger partial charge in [-0.15, -0.1) is 0 Å². The second-order valence-electron chi connectivity index (χ2n) is 15.6. The molecule has 1 saturated carbocycles. The number of benzene rings is 2. The third kappa shape index (κ3) is 6.90. The molecule has 8 heteroatoms. The Morgan fingerprint density at radius 1 is 1.10 bits per heavy atom. The Labute approximate surface area is 296 Å². The van der Waals surface area contributed by atoms with Crippen LogP contribution in [0.4, 0.5) is 5.69 Å². The van der Waals surface area contributed by atoms with Crippen LogP contribution in [0.3, 0.4) is 0 Å². The lowest BCUT2D eigenvalue weighted by Gasteiger charge is -2.47. The molecular formula is C41H52ClN3O4. The largest absolute Gasteiger partial charge is 0.493 e. The van der Waals surface area contributed by atoms with E-state index in [1.165, 1.54) is 48.1 Å². The predicted octanol–water partition coefficient (Wildman–Crippen LogP) is 8.67. The van der Waals surface area contributed by atoms with Gasteiger partial charge in [-0.25, -0.2) is 4.79 Å². The van der Waals surface area contributed by atoms with Crippen LogP contribution < -0.4 is 14.8 Å². The number of carboxylic acids is 1. The van der Waals surface area contributed by atoms with Crippen LogP contribution in [-0.2, 0) is 23.1 Å². The number of hydrogen-bond acceptors (Lipinski definition) is 6. The van der Waals surface area contributed by atoms with Crippen molar-refractivity contribution in [2.24, 2.45) is 11.8 Å². The van der Waals surface area contributed by atoms with Gasteiger partial charge < -0.3 is 24.8 Å². The molecule has 1 spiro atoms. The number of ether oxygens (including phenoxy) is 2. The summed E-state index contributed by atoms with van der Waals surface area (Å²) in [4.78, 5) is 20.0. The van der Waals surface area contributed by atoms with E-state index in [2.05, 4.69) is 54.3 Å². The highest BCUT2D eigenvalue weighted by Gasteiger charge is 2.54. The van der Waals surface area contributed by atoms with Gasteiger partial charge in [0.15, 0.2) is 0 Å². The quantitative estimate of drug-likeness (QED) is 0.209. The van der Waals surface area contributed by atoms with Crippen LogP contribution in [0.5, 0.6) is 11.5 Å². The van der Waals surface area contributed by atoms with Crippen LogP contribution in [-0.4, -0.2) is 59.3 Å². The molecule has 2 fully saturated rings. The monoisotopic (exact) mass is 685 g/mol. The summed E-state index contributed by atoms with van der Waals surface area (Å²) < 4.78 is 13.0. The molecule has 1 aromatic heterocycles. The van der Waals surface area contributed by atoms with Crippen LogP contribution in [0.25, 0.3) is 0 Å². The van der Waals surface area contributed by atoms with Crippen LogP contribution in [0.2, 0.25) is 5.02 Å². The van der Waals surface area contributed by atoms with Gasteiger partial charge in [0.25, 0.3) is 0 Å². The van der Waals surface area contributed by atoms with Crippen molar-refractivity contribution in [1.29, 1.82) is 0 Å². The van der Waals surface area contributed by atoms with E-state index in [0.29, 0.717) is 54.9 Å². The molecular weight excluding hydrogens is 634 g/mol. The molecule has 0 unspecified atom stereocenters. The Morgan fingerprint density at radius 3 is 2.69 bits per heavy atom. The smallest absolute Gasteiger partial charge is 0.329 e. The van der Waals surface area contributed by atoms with E-state index in [0.717, 1.165) is 55.8 Å². The summed E-state index contributed by atoms with van der Waals surface area (Å²) in [7, 11) is 2.19. The predicted molar refractivity (Wildman–Crippen MR) is 195 cm³/mol. The molecule has 262 valence electrons. The summed E-state index contributed by atoms with van der Waals surface area (Å²) in [6.07, 6.45) is 12.4. The number of hydrogen-bond donors (Lipinski definition) is 2. The van der Waals surface area contributed by atoms with E-state index in [4.69, 9.17) is 21.1 Å². The Balaban J connectivity index is 1.12. The second-order valence-corrected chi connectivity index (χ2v) is 16.0. The van der Waals surface area contributed by atoms with Crippen LogP contribution in [0, 0.1) is 11.8 Å². The van der Waals surface area contributed by atoms with Crippen molar-refractivity contribution in [1.82, 2.24) is 9.88 Å². The molecule has 2 heterocycles. The van der Waals surface area contributed by atoms with Gasteiger partial charge in [-0.3, -0.25) is 4.98 Å². The minimum Gasteiger partial charge on any atom is -0.493 e. The molecule has 49 heavy (non-hydrogen) atoms. The van der Waals surface area contributed by atoms with E-state index in [9.17, 15) is 9.90 Å². The first-order chi connectivity index (χ1) is 23.7. The van der Waals surface area contributed by atoms with E-state index in [1.54, 1.807) is 0 Å². The fourth-order valence-electron chi connectivity index (χ4n) is 9.55. The number of nitrogens with zero attached hydrogens (tertiary/aromatic N) is 2. The molecule has 2 N–H and O–H groups in total. The summed E-state index contributed by atoms with van der Waals surface area (Å²) in [5, 5.41) is 14.6. The average Bonchev–Trinajstić information content (AvgIpc) is 3.63. The van der Waals surface area contributed by atoms with Crippen LogP contribution in [0.15, 0.2) is 54.7 Å². The van der Waals surface area contributed by atoms with Crippen molar-refractivity contribution in [2.45, 2.75) is 107 Å². The van der Waals surface area contributed by atoms with E-state index in [-0.39, 0.29) is 5.41 Å². The van der Waals surface area contributed by atoms with Crippen molar-refractivity contribution in [3.63, 3.8) is 0 Å². The highest BCUT2D eigenvalue weighted by molar-refractivity contribution is 6.30. The van der Waals surface area contributed by atoms with Gasteiger partial charge in [-0.05, 0) is 155 Å². The number of halogens is 1. The fraction of sp³-hybridized carbons (Fsp3) is 0.561. The van der Waals surface area contributed by atoms with Crippen molar-refractivity contribution in [3.8, 4) is 11.5 Å². The fourth-order valence-corrected chi connectivity index (χ4v) is 9.74. The third-order valence-corrected chi connectivity index (χ3v) is 12.6. The van der Waals surface area contributed by atoms with Crippen molar-refractivity contribution >= 4 is 23.3 Å². The lowest BCUT2D eigenvalue weighted by atomic mass is 9.59. The normalized spacial score (nSPS) is 28.5. The van der Waals surface area contributed by atoms with Crippen molar-refractivity contribution in [2.75, 3.05) is 32.1 Å². The zero-order valence-electron chi connectivity index (χ0n) is 29.3. The van der Waals surface area contributed by atoms with E-state index >= 15 is 0 Å². The van der Waals surface area contributed by atoms with Gasteiger partial charge in [-0.1, -0.05) is 37.6 Å². The number of rotatable bonds is 11. The number of aromatic nitrogens is 1. The number of aryl methyl sites for hydroxylation is 1. The number of carboxylic acid groups (broad SMARTS) is 1. The molecule has 7 rings (SSSR count). The van der Waals surface area contributed by atoms with Gasteiger partial charge in [0.05, 0.1) is 6.61 Å². The summed E-state index contributed by atoms with van der Waals surface area (Å²) in [6, 6.07) is 16.6. The molecule has 4 atom stereocenters. The highest BCUT2D eigenvalue weighted by Crippen LogP contribution is 2.57. The first-order valence-corrected chi connectivity index (χ1v) is 18.9. The van der Waals surface area contributed by atoms with E-state index in [1.807, 2.05) is 36.5 Å². The molecule has 3 aromatic rings. The Hall–Kier alpha value is -3.29. The lowest BCUT2D eigenvalue weighted by molar-refractivity contribution is -0.144. The number of likely N-dealkylation sites (tertiary alicyclic amines) is 1. The minimum absolute atomic E-state index is 0.119. The zero-order valence-corrected chi connectivity index (χ0v) is 30.1. The average molecular weight is 686 g/mol. The molecule has 7 nitrogen and oxygen atoms in total. The number of carbonyl (C=O) groups is 1. The lowest BCUT2D eigenvalue weighted by Crippen LogP contribution is -2.53. The van der Waals surface area contributed by atoms with Crippen LogP contribution >= 0.6 is 11.6 Å². The molecule has 1 saturated heterocycles. The number of aliphatic carboxylic acids is 1.